The average molecular weight is 276 g/mol. The first-order valence-electron chi connectivity index (χ1n) is 6.28. The van der Waals surface area contributed by atoms with Gasteiger partial charge in [-0.25, -0.2) is 4.79 Å². The van der Waals surface area contributed by atoms with Crippen molar-refractivity contribution in [2.45, 2.75) is 20.5 Å². The fraction of sp³-hybridized carbons (Fsp3) is 0.267. The van der Waals surface area contributed by atoms with Crippen LogP contribution in [0.15, 0.2) is 34.7 Å². The van der Waals surface area contributed by atoms with Gasteiger partial charge in [-0.1, -0.05) is 6.07 Å². The molecule has 1 aromatic heterocycles. The molecule has 20 heavy (non-hydrogen) atoms. The highest BCUT2D eigenvalue weighted by atomic mass is 16.5. The quantitative estimate of drug-likeness (QED) is 0.877. The van der Waals surface area contributed by atoms with E-state index in [9.17, 15) is 4.79 Å². The Morgan fingerprint density at radius 1 is 1.25 bits per heavy atom. The van der Waals surface area contributed by atoms with E-state index in [1.54, 1.807) is 25.1 Å². The summed E-state index contributed by atoms with van der Waals surface area (Å²) in [4.78, 5) is 10.9. The lowest BCUT2D eigenvalue weighted by atomic mass is 10.2. The van der Waals surface area contributed by atoms with Crippen LogP contribution in [0.2, 0.25) is 0 Å². The average Bonchev–Trinajstić information content (AvgIpc) is 2.79. The van der Waals surface area contributed by atoms with E-state index in [1.807, 2.05) is 19.1 Å². The van der Waals surface area contributed by atoms with E-state index in [1.165, 1.54) is 0 Å². The molecule has 5 nitrogen and oxygen atoms in total. The maximum atomic E-state index is 10.9. The topological polar surface area (TPSA) is 68.9 Å². The van der Waals surface area contributed by atoms with Gasteiger partial charge in [-0.3, -0.25) is 0 Å². The number of carboxylic acid groups (broad SMARTS) is 1. The summed E-state index contributed by atoms with van der Waals surface area (Å²) >= 11 is 0. The lowest BCUT2D eigenvalue weighted by Gasteiger charge is -2.07. The van der Waals surface area contributed by atoms with E-state index in [4.69, 9.17) is 19.0 Å². The van der Waals surface area contributed by atoms with E-state index in [-0.39, 0.29) is 12.4 Å². The number of benzene rings is 1. The van der Waals surface area contributed by atoms with Gasteiger partial charge >= 0.3 is 5.97 Å². The molecule has 2 aromatic rings. The molecule has 0 amide bonds. The summed E-state index contributed by atoms with van der Waals surface area (Å²) in [5.74, 6) is 0.717. The monoisotopic (exact) mass is 276 g/mol. The molecule has 2 rings (SSSR count). The second kappa shape index (κ2) is 6.14. The lowest BCUT2D eigenvalue weighted by molar-refractivity contribution is 0.0657. The molecule has 0 unspecified atom stereocenters. The van der Waals surface area contributed by atoms with Gasteiger partial charge in [-0.05, 0) is 32.0 Å². The fourth-order valence-corrected chi connectivity index (χ4v) is 1.81. The van der Waals surface area contributed by atoms with Gasteiger partial charge in [0.2, 0.25) is 5.76 Å². The van der Waals surface area contributed by atoms with E-state index < -0.39 is 5.97 Å². The molecule has 0 saturated carbocycles. The van der Waals surface area contributed by atoms with Crippen molar-refractivity contribution in [1.29, 1.82) is 0 Å². The van der Waals surface area contributed by atoms with Crippen LogP contribution in [0.3, 0.4) is 0 Å². The number of carboxylic acids is 1. The summed E-state index contributed by atoms with van der Waals surface area (Å²) in [6.45, 7) is 4.35. The first-order valence-corrected chi connectivity index (χ1v) is 6.28. The van der Waals surface area contributed by atoms with Crippen LogP contribution in [0.1, 0.15) is 28.8 Å². The minimum atomic E-state index is -1.08. The first-order chi connectivity index (χ1) is 9.60. The molecule has 0 atom stereocenters. The Morgan fingerprint density at radius 2 is 1.95 bits per heavy atom. The SMILES string of the molecule is CCOc1cccc(OCc2cc(C)c(C(=O)O)o2)c1. The van der Waals surface area contributed by atoms with Crippen molar-refractivity contribution in [2.75, 3.05) is 6.61 Å². The van der Waals surface area contributed by atoms with Crippen LogP contribution in [0.5, 0.6) is 11.5 Å². The van der Waals surface area contributed by atoms with E-state index >= 15 is 0 Å². The Bertz CT molecular complexity index is 600. The van der Waals surface area contributed by atoms with Gasteiger partial charge in [0.1, 0.15) is 23.9 Å². The van der Waals surface area contributed by atoms with E-state index in [2.05, 4.69) is 0 Å². The molecular weight excluding hydrogens is 260 g/mol. The third-order valence-electron chi connectivity index (χ3n) is 2.66. The van der Waals surface area contributed by atoms with Crippen LogP contribution in [-0.4, -0.2) is 17.7 Å². The highest BCUT2D eigenvalue weighted by molar-refractivity contribution is 5.86. The third-order valence-corrected chi connectivity index (χ3v) is 2.66. The van der Waals surface area contributed by atoms with Crippen molar-refractivity contribution in [3.63, 3.8) is 0 Å². The van der Waals surface area contributed by atoms with Crippen LogP contribution in [0.4, 0.5) is 0 Å². The molecule has 5 heteroatoms. The lowest BCUT2D eigenvalue weighted by Crippen LogP contribution is -1.96. The number of aryl methyl sites for hydroxylation is 1. The standard InChI is InChI=1S/C15H16O5/c1-3-18-11-5-4-6-12(8-11)19-9-13-7-10(2)14(20-13)15(16)17/h4-8H,3,9H2,1-2H3,(H,16,17). The van der Waals surface area contributed by atoms with Gasteiger partial charge in [0.25, 0.3) is 0 Å². The first kappa shape index (κ1) is 14.0. The summed E-state index contributed by atoms with van der Waals surface area (Å²) in [5, 5.41) is 8.91. The van der Waals surface area contributed by atoms with Gasteiger partial charge in [0, 0.05) is 11.6 Å². The maximum absolute atomic E-state index is 10.9. The van der Waals surface area contributed by atoms with Crippen LogP contribution in [0, 0.1) is 6.92 Å². The molecular formula is C15H16O5. The van der Waals surface area contributed by atoms with Crippen LogP contribution < -0.4 is 9.47 Å². The Kier molecular flexibility index (Phi) is 4.30. The zero-order chi connectivity index (χ0) is 14.5. The van der Waals surface area contributed by atoms with Crippen LogP contribution in [-0.2, 0) is 6.61 Å². The second-order valence-electron chi connectivity index (χ2n) is 4.23. The molecule has 1 N–H and O–H groups in total. The fourth-order valence-electron chi connectivity index (χ4n) is 1.81. The molecule has 1 aromatic carbocycles. The smallest absolute Gasteiger partial charge is 0.372 e. The summed E-state index contributed by atoms with van der Waals surface area (Å²) in [6.07, 6.45) is 0. The molecule has 0 bridgehead atoms. The van der Waals surface area contributed by atoms with Crippen molar-refractivity contribution >= 4 is 5.97 Å². The highest BCUT2D eigenvalue weighted by Crippen LogP contribution is 2.21. The largest absolute Gasteiger partial charge is 0.494 e. The molecule has 106 valence electrons. The Hall–Kier alpha value is -2.43. The van der Waals surface area contributed by atoms with Gasteiger partial charge in [0.05, 0.1) is 6.61 Å². The number of aromatic carboxylic acids is 1. The van der Waals surface area contributed by atoms with E-state index in [0.29, 0.717) is 23.7 Å². The van der Waals surface area contributed by atoms with Crippen molar-refractivity contribution in [3.05, 3.63) is 47.4 Å². The number of ether oxygens (including phenoxy) is 2. The Labute approximate surface area is 116 Å². The summed E-state index contributed by atoms with van der Waals surface area (Å²) in [5.41, 5.74) is 0.583. The van der Waals surface area contributed by atoms with Gasteiger partial charge in [-0.2, -0.15) is 0 Å². The van der Waals surface area contributed by atoms with Gasteiger partial charge < -0.3 is 19.0 Å². The number of hydrogen-bond donors (Lipinski definition) is 1. The Morgan fingerprint density at radius 3 is 2.55 bits per heavy atom. The predicted molar refractivity (Wildman–Crippen MR) is 72.3 cm³/mol. The molecule has 1 heterocycles. The Balaban J connectivity index is 2.03. The minimum Gasteiger partial charge on any atom is -0.494 e. The zero-order valence-electron chi connectivity index (χ0n) is 11.4. The van der Waals surface area contributed by atoms with Crippen molar-refractivity contribution in [3.8, 4) is 11.5 Å². The van der Waals surface area contributed by atoms with Gasteiger partial charge in [0.15, 0.2) is 0 Å². The summed E-state index contributed by atoms with van der Waals surface area (Å²) < 4.78 is 16.2. The molecule has 0 aliphatic rings. The molecule has 0 spiro atoms. The minimum absolute atomic E-state index is 0.0494. The molecule has 0 aliphatic carbocycles. The van der Waals surface area contributed by atoms with Crippen LogP contribution in [0.25, 0.3) is 0 Å². The van der Waals surface area contributed by atoms with Crippen LogP contribution >= 0.6 is 0 Å². The van der Waals surface area contributed by atoms with Crippen molar-refractivity contribution in [1.82, 2.24) is 0 Å². The van der Waals surface area contributed by atoms with Crippen molar-refractivity contribution < 1.29 is 23.8 Å². The number of hydrogen-bond acceptors (Lipinski definition) is 4. The second-order valence-corrected chi connectivity index (χ2v) is 4.23. The number of carbonyl (C=O) groups is 1. The maximum Gasteiger partial charge on any atom is 0.372 e. The predicted octanol–water partition coefficient (Wildman–Crippen LogP) is 3.26. The number of rotatable bonds is 6. The van der Waals surface area contributed by atoms with Gasteiger partial charge in [-0.15, -0.1) is 0 Å². The van der Waals surface area contributed by atoms with Crippen molar-refractivity contribution in [2.24, 2.45) is 0 Å². The molecule has 0 radical (unpaired) electrons. The zero-order valence-corrected chi connectivity index (χ0v) is 11.4. The molecule has 0 saturated heterocycles. The molecule has 0 fully saturated rings. The summed E-state index contributed by atoms with van der Waals surface area (Å²) in [6, 6.07) is 8.91. The van der Waals surface area contributed by atoms with E-state index in [0.717, 1.165) is 5.75 Å². The summed E-state index contributed by atoms with van der Waals surface area (Å²) in [7, 11) is 0. The highest BCUT2D eigenvalue weighted by Gasteiger charge is 2.14. The number of furan rings is 1. The third kappa shape index (κ3) is 3.32. The normalized spacial score (nSPS) is 10.3. The molecule has 0 aliphatic heterocycles.